The molecule has 0 unspecified atom stereocenters. The first-order chi connectivity index (χ1) is 8.68. The monoisotopic (exact) mass is 370 g/mol. The van der Waals surface area contributed by atoms with E-state index in [0.717, 1.165) is 39.3 Å². The lowest BCUT2D eigenvalue weighted by molar-refractivity contribution is 0.102. The molecular formula is C15H16Br2O. The maximum Gasteiger partial charge on any atom is 0.189 e. The summed E-state index contributed by atoms with van der Waals surface area (Å²) in [6, 6.07) is 5.75. The first kappa shape index (κ1) is 14.0. The summed E-state index contributed by atoms with van der Waals surface area (Å²) in [4.78, 5) is 12.5. The number of allylic oxidation sites excluding steroid dienone is 2. The van der Waals surface area contributed by atoms with Crippen LogP contribution in [0.2, 0.25) is 0 Å². The Morgan fingerprint density at radius 2 is 1.83 bits per heavy atom. The molecule has 1 nitrogen and oxygen atoms in total. The Morgan fingerprint density at radius 3 is 2.67 bits per heavy atom. The van der Waals surface area contributed by atoms with Crippen LogP contribution in [0.1, 0.15) is 48.9 Å². The molecule has 0 fully saturated rings. The summed E-state index contributed by atoms with van der Waals surface area (Å²) in [7, 11) is 0. The van der Waals surface area contributed by atoms with Gasteiger partial charge in [-0.25, -0.2) is 0 Å². The molecule has 2 rings (SSSR count). The summed E-state index contributed by atoms with van der Waals surface area (Å²) < 4.78 is 1.82. The number of carbonyl (C=O) groups is 1. The molecule has 1 aliphatic carbocycles. The van der Waals surface area contributed by atoms with Crippen LogP contribution in [0, 0.1) is 0 Å². The zero-order valence-corrected chi connectivity index (χ0v) is 13.4. The van der Waals surface area contributed by atoms with E-state index in [9.17, 15) is 4.79 Å². The van der Waals surface area contributed by atoms with Crippen LogP contribution < -0.4 is 0 Å². The van der Waals surface area contributed by atoms with Gasteiger partial charge in [-0.2, -0.15) is 0 Å². The molecule has 1 aliphatic rings. The van der Waals surface area contributed by atoms with Crippen molar-refractivity contribution in [2.45, 2.75) is 38.5 Å². The highest BCUT2D eigenvalue weighted by Crippen LogP contribution is 2.27. The summed E-state index contributed by atoms with van der Waals surface area (Å²) >= 11 is 6.89. The van der Waals surface area contributed by atoms with Gasteiger partial charge >= 0.3 is 0 Å². The van der Waals surface area contributed by atoms with Crippen molar-refractivity contribution < 1.29 is 4.79 Å². The molecular weight excluding hydrogens is 356 g/mol. The molecule has 3 heteroatoms. The third kappa shape index (κ3) is 3.55. The zero-order chi connectivity index (χ0) is 13.0. The Hall–Kier alpha value is -0.410. The van der Waals surface area contributed by atoms with E-state index >= 15 is 0 Å². The lowest BCUT2D eigenvalue weighted by atomic mass is 9.94. The summed E-state index contributed by atoms with van der Waals surface area (Å²) in [5.74, 6) is 0.171. The van der Waals surface area contributed by atoms with E-state index < -0.39 is 0 Å². The smallest absolute Gasteiger partial charge is 0.189 e. The van der Waals surface area contributed by atoms with Crippen molar-refractivity contribution in [3.05, 3.63) is 44.4 Å². The van der Waals surface area contributed by atoms with Gasteiger partial charge in [0.25, 0.3) is 0 Å². The van der Waals surface area contributed by atoms with Gasteiger partial charge in [0, 0.05) is 14.5 Å². The fourth-order valence-corrected chi connectivity index (χ4v) is 3.03. The van der Waals surface area contributed by atoms with Crippen molar-refractivity contribution in [2.75, 3.05) is 0 Å². The summed E-state index contributed by atoms with van der Waals surface area (Å²) in [6.07, 6.45) is 8.95. The molecule has 0 saturated heterocycles. The molecule has 0 bridgehead atoms. The molecule has 96 valence electrons. The molecule has 18 heavy (non-hydrogen) atoms. The molecule has 0 atom stereocenters. The van der Waals surface area contributed by atoms with Crippen LogP contribution in [0.25, 0.3) is 0 Å². The van der Waals surface area contributed by atoms with E-state index in [0.29, 0.717) is 0 Å². The van der Waals surface area contributed by atoms with Crippen molar-refractivity contribution in [1.29, 1.82) is 0 Å². The number of benzene rings is 1. The minimum absolute atomic E-state index is 0.171. The van der Waals surface area contributed by atoms with Gasteiger partial charge in [0.1, 0.15) is 0 Å². The maximum atomic E-state index is 12.5. The lowest BCUT2D eigenvalue weighted by Gasteiger charge is -2.11. The number of rotatable bonds is 2. The third-order valence-electron chi connectivity index (χ3n) is 3.26. The van der Waals surface area contributed by atoms with Gasteiger partial charge in [-0.1, -0.05) is 50.8 Å². The van der Waals surface area contributed by atoms with Crippen molar-refractivity contribution in [1.82, 2.24) is 0 Å². The fraction of sp³-hybridized carbons (Fsp3) is 0.400. The van der Waals surface area contributed by atoms with Crippen LogP contribution in [0.3, 0.4) is 0 Å². The highest BCUT2D eigenvalue weighted by atomic mass is 79.9. The molecule has 0 spiro atoms. The van der Waals surface area contributed by atoms with E-state index in [2.05, 4.69) is 37.9 Å². The average Bonchev–Trinajstić information content (AvgIpc) is 2.31. The van der Waals surface area contributed by atoms with Crippen LogP contribution in [0.5, 0.6) is 0 Å². The van der Waals surface area contributed by atoms with Gasteiger partial charge in [-0.15, -0.1) is 0 Å². The van der Waals surface area contributed by atoms with Crippen molar-refractivity contribution in [3.63, 3.8) is 0 Å². The van der Waals surface area contributed by atoms with E-state index in [-0.39, 0.29) is 5.78 Å². The Balaban J connectivity index is 2.26. The van der Waals surface area contributed by atoms with Gasteiger partial charge < -0.3 is 0 Å². The molecule has 1 aromatic rings. The third-order valence-corrected chi connectivity index (χ3v) is 4.44. The Kier molecular flexibility index (Phi) is 5.19. The van der Waals surface area contributed by atoms with Gasteiger partial charge in [0.15, 0.2) is 5.78 Å². The summed E-state index contributed by atoms with van der Waals surface area (Å²) in [6.45, 7) is 0. The van der Waals surface area contributed by atoms with Crippen LogP contribution >= 0.6 is 31.9 Å². The topological polar surface area (TPSA) is 17.1 Å². The Labute approximate surface area is 125 Å². The number of ketones is 1. The zero-order valence-electron chi connectivity index (χ0n) is 10.2. The van der Waals surface area contributed by atoms with Crippen molar-refractivity contribution in [2.24, 2.45) is 0 Å². The SMILES string of the molecule is O=C(/C1=C/CCCCCC1)c1cc(Br)ccc1Br. The Bertz CT molecular complexity index is 477. The van der Waals surface area contributed by atoms with Crippen LogP contribution in [0.4, 0.5) is 0 Å². The molecule has 0 heterocycles. The summed E-state index contributed by atoms with van der Waals surface area (Å²) in [5, 5.41) is 0. The number of hydrogen-bond donors (Lipinski definition) is 0. The second-order valence-corrected chi connectivity index (χ2v) is 6.41. The minimum Gasteiger partial charge on any atom is -0.289 e. The highest BCUT2D eigenvalue weighted by Gasteiger charge is 2.16. The van der Waals surface area contributed by atoms with Crippen LogP contribution in [-0.4, -0.2) is 5.78 Å². The van der Waals surface area contributed by atoms with Crippen LogP contribution in [0.15, 0.2) is 38.8 Å². The van der Waals surface area contributed by atoms with E-state index in [1.165, 1.54) is 19.3 Å². The van der Waals surface area contributed by atoms with Gasteiger partial charge in [0.05, 0.1) is 0 Å². The van der Waals surface area contributed by atoms with Gasteiger partial charge in [0.2, 0.25) is 0 Å². The average molecular weight is 372 g/mol. The molecule has 0 aliphatic heterocycles. The minimum atomic E-state index is 0.171. The predicted octanol–water partition coefficient (Wildman–Crippen LogP) is 5.67. The number of halogens is 2. The van der Waals surface area contributed by atoms with Gasteiger partial charge in [-0.05, 0) is 49.5 Å². The van der Waals surface area contributed by atoms with E-state index in [1.807, 2.05) is 18.2 Å². The molecule has 0 saturated carbocycles. The second kappa shape index (κ2) is 6.67. The fourth-order valence-electron chi connectivity index (χ4n) is 2.24. The van der Waals surface area contributed by atoms with E-state index in [1.54, 1.807) is 0 Å². The molecule has 0 aromatic heterocycles. The van der Waals surface area contributed by atoms with Crippen LogP contribution in [-0.2, 0) is 0 Å². The van der Waals surface area contributed by atoms with E-state index in [4.69, 9.17) is 0 Å². The van der Waals surface area contributed by atoms with Crippen molar-refractivity contribution >= 4 is 37.6 Å². The number of hydrogen-bond acceptors (Lipinski definition) is 1. The standard InChI is InChI=1S/C15H16Br2O/c16-12-8-9-14(17)13(10-12)15(18)11-6-4-2-1-3-5-7-11/h6,8-10H,1-5,7H2/b11-6+. The largest absolute Gasteiger partial charge is 0.289 e. The first-order valence-electron chi connectivity index (χ1n) is 6.37. The second-order valence-electron chi connectivity index (χ2n) is 4.64. The highest BCUT2D eigenvalue weighted by molar-refractivity contribution is 9.11. The number of Topliss-reactive ketones (excluding diaryl/α,β-unsaturated/α-hetero) is 1. The lowest BCUT2D eigenvalue weighted by Crippen LogP contribution is -2.06. The normalized spacial score (nSPS) is 19.6. The quantitative estimate of drug-likeness (QED) is 0.611. The van der Waals surface area contributed by atoms with Crippen molar-refractivity contribution in [3.8, 4) is 0 Å². The molecule has 0 radical (unpaired) electrons. The maximum absolute atomic E-state index is 12.5. The molecule has 0 amide bonds. The number of carbonyl (C=O) groups excluding carboxylic acids is 1. The Morgan fingerprint density at radius 1 is 1.06 bits per heavy atom. The first-order valence-corrected chi connectivity index (χ1v) is 7.96. The predicted molar refractivity (Wildman–Crippen MR) is 82.0 cm³/mol. The molecule has 1 aromatic carbocycles. The van der Waals surface area contributed by atoms with Gasteiger partial charge in [-0.3, -0.25) is 4.79 Å². The summed E-state index contributed by atoms with van der Waals surface area (Å²) in [5.41, 5.74) is 1.74. The molecule has 0 N–H and O–H groups in total.